The minimum atomic E-state index is 0.642. The zero-order valence-corrected chi connectivity index (χ0v) is 19.0. The quantitative estimate of drug-likeness (QED) is 0.301. The van der Waals surface area contributed by atoms with Gasteiger partial charge in [0.15, 0.2) is 11.5 Å². The molecule has 4 aromatic carbocycles. The van der Waals surface area contributed by atoms with Crippen molar-refractivity contribution in [1.29, 1.82) is 0 Å². The molecule has 0 radical (unpaired) electrons. The van der Waals surface area contributed by atoms with E-state index in [0.29, 0.717) is 17.3 Å². The van der Waals surface area contributed by atoms with Gasteiger partial charge in [-0.2, -0.15) is 0 Å². The largest absolute Gasteiger partial charge is 0.493 e. The Morgan fingerprint density at radius 2 is 1.38 bits per heavy atom. The van der Waals surface area contributed by atoms with Crippen LogP contribution in [0.4, 0.5) is 17.1 Å². The monoisotopic (exact) mass is 448 g/mol. The van der Waals surface area contributed by atoms with Gasteiger partial charge in [0.05, 0.1) is 25.3 Å². The number of rotatable bonds is 6. The molecule has 168 valence electrons. The average molecular weight is 449 g/mol. The van der Waals surface area contributed by atoms with Crippen LogP contribution in [0.15, 0.2) is 113 Å². The fraction of sp³-hybridized carbons (Fsp3) is 0.0690. The SMILES string of the molecule is COc1ccc(-c2cc(=Nc3ccc(Nc4ccccc4)cc3)c3ccccc3o2)cc1OC. The van der Waals surface area contributed by atoms with Crippen LogP contribution in [0.5, 0.6) is 11.5 Å². The Kier molecular flexibility index (Phi) is 5.99. The summed E-state index contributed by atoms with van der Waals surface area (Å²) in [5, 5.41) is 5.17. The smallest absolute Gasteiger partial charge is 0.161 e. The highest BCUT2D eigenvalue weighted by Crippen LogP contribution is 2.33. The summed E-state index contributed by atoms with van der Waals surface area (Å²) in [5.74, 6) is 2.00. The molecule has 34 heavy (non-hydrogen) atoms. The molecule has 0 saturated heterocycles. The topological polar surface area (TPSA) is 56.0 Å². The Morgan fingerprint density at radius 1 is 0.676 bits per heavy atom. The first-order valence-electron chi connectivity index (χ1n) is 11.0. The van der Waals surface area contributed by atoms with Crippen LogP contribution in [0.25, 0.3) is 22.3 Å². The Labute approximate surface area is 197 Å². The maximum absolute atomic E-state index is 6.22. The van der Waals surface area contributed by atoms with Gasteiger partial charge in [0, 0.05) is 28.4 Å². The van der Waals surface area contributed by atoms with Crippen LogP contribution in [0.2, 0.25) is 0 Å². The summed E-state index contributed by atoms with van der Waals surface area (Å²) in [4.78, 5) is 4.94. The van der Waals surface area contributed by atoms with Gasteiger partial charge in [0.1, 0.15) is 11.3 Å². The maximum Gasteiger partial charge on any atom is 0.161 e. The lowest BCUT2D eigenvalue weighted by Gasteiger charge is -2.10. The third-order valence-electron chi connectivity index (χ3n) is 5.50. The summed E-state index contributed by atoms with van der Waals surface area (Å²) in [6, 6.07) is 33.7. The second-order valence-corrected chi connectivity index (χ2v) is 7.71. The number of nitrogens with one attached hydrogen (secondary N) is 1. The lowest BCUT2D eigenvalue weighted by atomic mass is 10.1. The number of benzene rings is 4. The van der Waals surface area contributed by atoms with Crippen molar-refractivity contribution in [2.45, 2.75) is 0 Å². The van der Waals surface area contributed by atoms with E-state index in [1.54, 1.807) is 14.2 Å². The van der Waals surface area contributed by atoms with Crippen LogP contribution in [0.1, 0.15) is 0 Å². The number of fused-ring (bicyclic) bond motifs is 1. The Morgan fingerprint density at radius 3 is 2.15 bits per heavy atom. The number of hydrogen-bond acceptors (Lipinski definition) is 5. The molecule has 5 nitrogen and oxygen atoms in total. The van der Waals surface area contributed by atoms with Gasteiger partial charge in [0.25, 0.3) is 0 Å². The third kappa shape index (κ3) is 4.50. The highest BCUT2D eigenvalue weighted by Gasteiger charge is 2.10. The molecule has 0 bridgehead atoms. The van der Waals surface area contributed by atoms with E-state index in [-0.39, 0.29) is 0 Å². The molecule has 0 aliphatic rings. The van der Waals surface area contributed by atoms with Gasteiger partial charge in [-0.3, -0.25) is 0 Å². The molecule has 0 atom stereocenters. The van der Waals surface area contributed by atoms with Gasteiger partial charge >= 0.3 is 0 Å². The standard InChI is InChI=1S/C29H24N2O3/c1-32-27-17-12-20(18-29(27)33-2)28-19-25(24-10-6-7-11-26(24)34-28)31-23-15-13-22(14-16-23)30-21-8-4-3-5-9-21/h3-19,30H,1-2H3. The minimum Gasteiger partial charge on any atom is -0.493 e. The van der Waals surface area contributed by atoms with Crippen LogP contribution in [0.3, 0.4) is 0 Å². The first kappa shape index (κ1) is 21.3. The van der Waals surface area contributed by atoms with E-state index < -0.39 is 0 Å². The van der Waals surface area contributed by atoms with Gasteiger partial charge in [-0.05, 0) is 66.7 Å². The van der Waals surface area contributed by atoms with Crippen molar-refractivity contribution in [2.75, 3.05) is 19.5 Å². The van der Waals surface area contributed by atoms with Crippen molar-refractivity contribution >= 4 is 28.0 Å². The van der Waals surface area contributed by atoms with E-state index in [1.165, 1.54) is 0 Å². The summed E-state index contributed by atoms with van der Waals surface area (Å²) in [5.41, 5.74) is 4.54. The Balaban J connectivity index is 1.55. The van der Waals surface area contributed by atoms with Gasteiger partial charge in [-0.15, -0.1) is 0 Å². The maximum atomic E-state index is 6.22. The third-order valence-corrected chi connectivity index (χ3v) is 5.50. The average Bonchev–Trinajstić information content (AvgIpc) is 2.90. The van der Waals surface area contributed by atoms with Crippen molar-refractivity contribution in [1.82, 2.24) is 0 Å². The number of para-hydroxylation sites is 2. The minimum absolute atomic E-state index is 0.642. The van der Waals surface area contributed by atoms with Crippen molar-refractivity contribution in [3.05, 3.63) is 108 Å². The molecule has 0 spiro atoms. The highest BCUT2D eigenvalue weighted by atomic mass is 16.5. The molecule has 0 amide bonds. The van der Waals surface area contributed by atoms with E-state index in [0.717, 1.165) is 39.0 Å². The normalized spacial score (nSPS) is 11.4. The summed E-state index contributed by atoms with van der Waals surface area (Å²) < 4.78 is 17.1. The van der Waals surface area contributed by atoms with E-state index >= 15 is 0 Å². The van der Waals surface area contributed by atoms with E-state index in [9.17, 15) is 0 Å². The van der Waals surface area contributed by atoms with Gasteiger partial charge in [-0.25, -0.2) is 4.99 Å². The lowest BCUT2D eigenvalue weighted by Crippen LogP contribution is -2.03. The molecular formula is C29H24N2O3. The van der Waals surface area contributed by atoms with Gasteiger partial charge in [-0.1, -0.05) is 30.3 Å². The summed E-state index contributed by atoms with van der Waals surface area (Å²) in [6.07, 6.45) is 0. The van der Waals surface area contributed by atoms with Crippen molar-refractivity contribution in [3.63, 3.8) is 0 Å². The molecule has 1 heterocycles. The summed E-state index contributed by atoms with van der Waals surface area (Å²) in [7, 11) is 3.24. The highest BCUT2D eigenvalue weighted by molar-refractivity contribution is 5.79. The molecule has 0 aliphatic carbocycles. The second-order valence-electron chi connectivity index (χ2n) is 7.71. The molecule has 0 aliphatic heterocycles. The lowest BCUT2D eigenvalue weighted by molar-refractivity contribution is 0.355. The molecule has 5 rings (SSSR count). The molecule has 0 saturated carbocycles. The second kappa shape index (κ2) is 9.55. The van der Waals surface area contributed by atoms with Crippen molar-refractivity contribution in [3.8, 4) is 22.8 Å². The predicted octanol–water partition coefficient (Wildman–Crippen LogP) is 7.09. The van der Waals surface area contributed by atoms with Gasteiger partial charge in [0.2, 0.25) is 0 Å². The van der Waals surface area contributed by atoms with Crippen LogP contribution in [-0.2, 0) is 0 Å². The fourth-order valence-corrected chi connectivity index (χ4v) is 3.79. The number of ether oxygens (including phenoxy) is 2. The zero-order chi connectivity index (χ0) is 23.3. The van der Waals surface area contributed by atoms with Crippen LogP contribution in [-0.4, -0.2) is 14.2 Å². The molecule has 5 heteroatoms. The van der Waals surface area contributed by atoms with Crippen molar-refractivity contribution < 1.29 is 13.9 Å². The predicted molar refractivity (Wildman–Crippen MR) is 136 cm³/mol. The first-order chi connectivity index (χ1) is 16.7. The Hall–Kier alpha value is -4.51. The van der Waals surface area contributed by atoms with E-state index in [2.05, 4.69) is 5.32 Å². The molecule has 1 N–H and O–H groups in total. The van der Waals surface area contributed by atoms with Crippen LogP contribution < -0.4 is 20.1 Å². The number of hydrogen-bond donors (Lipinski definition) is 1. The van der Waals surface area contributed by atoms with E-state index in [4.69, 9.17) is 18.9 Å². The summed E-state index contributed by atoms with van der Waals surface area (Å²) >= 11 is 0. The van der Waals surface area contributed by atoms with Gasteiger partial charge < -0.3 is 19.2 Å². The fourth-order valence-electron chi connectivity index (χ4n) is 3.79. The molecule has 1 aromatic heterocycles. The van der Waals surface area contributed by atoms with Crippen molar-refractivity contribution in [2.24, 2.45) is 4.99 Å². The number of nitrogens with zero attached hydrogens (tertiary/aromatic N) is 1. The zero-order valence-electron chi connectivity index (χ0n) is 19.0. The summed E-state index contributed by atoms with van der Waals surface area (Å²) in [6.45, 7) is 0. The number of methoxy groups -OCH3 is 2. The first-order valence-corrected chi connectivity index (χ1v) is 11.0. The van der Waals surface area contributed by atoms with Crippen LogP contribution >= 0.6 is 0 Å². The van der Waals surface area contributed by atoms with Crippen LogP contribution in [0, 0.1) is 0 Å². The molecular weight excluding hydrogens is 424 g/mol. The van der Waals surface area contributed by atoms with E-state index in [1.807, 2.05) is 103 Å². The number of anilines is 2. The molecule has 5 aromatic rings. The molecule has 0 fully saturated rings. The molecule has 0 unspecified atom stereocenters. The Bertz CT molecular complexity index is 1490.